The lowest BCUT2D eigenvalue weighted by molar-refractivity contribution is 0.0234. The van der Waals surface area contributed by atoms with Crippen molar-refractivity contribution in [2.75, 3.05) is 26.3 Å². The van der Waals surface area contributed by atoms with Crippen LogP contribution in [0.2, 0.25) is 0 Å². The molecule has 0 saturated carbocycles. The van der Waals surface area contributed by atoms with Crippen LogP contribution in [0.25, 0.3) is 5.82 Å². The van der Waals surface area contributed by atoms with Crippen LogP contribution in [0, 0.1) is 6.92 Å². The minimum atomic E-state index is 0.421. The Morgan fingerprint density at radius 1 is 1.17 bits per heavy atom. The van der Waals surface area contributed by atoms with Crippen LogP contribution in [-0.2, 0) is 4.74 Å². The summed E-state index contributed by atoms with van der Waals surface area (Å²) in [5.41, 5.74) is 0. The van der Waals surface area contributed by atoms with Crippen LogP contribution in [0.1, 0.15) is 43.3 Å². The van der Waals surface area contributed by atoms with Crippen LogP contribution in [-0.4, -0.2) is 57.0 Å². The highest BCUT2D eigenvalue weighted by Gasteiger charge is 2.30. The maximum absolute atomic E-state index is 5.52. The van der Waals surface area contributed by atoms with Gasteiger partial charge >= 0.3 is 0 Å². The molecule has 6 heteroatoms. The third-order valence-corrected chi connectivity index (χ3v) is 5.13. The van der Waals surface area contributed by atoms with E-state index in [4.69, 9.17) is 9.72 Å². The quantitative estimate of drug-likeness (QED) is 0.866. The number of likely N-dealkylation sites (tertiary alicyclic amines) is 1. The van der Waals surface area contributed by atoms with Gasteiger partial charge in [-0.05, 0) is 51.3 Å². The number of hydrogen-bond acceptors (Lipinski definition) is 5. The summed E-state index contributed by atoms with van der Waals surface area (Å²) in [5.74, 6) is 3.16. The first kappa shape index (κ1) is 15.7. The van der Waals surface area contributed by atoms with E-state index in [1.165, 1.54) is 19.4 Å². The maximum atomic E-state index is 5.52. The van der Waals surface area contributed by atoms with Crippen molar-refractivity contribution in [3.8, 4) is 5.82 Å². The van der Waals surface area contributed by atoms with E-state index in [0.717, 1.165) is 50.1 Å². The van der Waals surface area contributed by atoms with E-state index < -0.39 is 0 Å². The number of piperidine rings is 1. The number of nitrogens with zero attached hydrogens (tertiary/aromatic N) is 5. The SMILES string of the molecule is Cc1nc(C2CCCN(C3CCOCC3)C2)n(-c2ccccn2)n1. The molecule has 2 saturated heterocycles. The van der Waals surface area contributed by atoms with Crippen molar-refractivity contribution < 1.29 is 4.74 Å². The minimum absolute atomic E-state index is 0.421. The van der Waals surface area contributed by atoms with Gasteiger partial charge in [0.25, 0.3) is 0 Å². The first-order valence-corrected chi connectivity index (χ1v) is 8.98. The van der Waals surface area contributed by atoms with E-state index in [9.17, 15) is 0 Å². The molecule has 2 fully saturated rings. The van der Waals surface area contributed by atoms with Crippen LogP contribution in [0.5, 0.6) is 0 Å². The molecule has 0 spiro atoms. The van der Waals surface area contributed by atoms with Gasteiger partial charge in [-0.1, -0.05) is 6.07 Å². The van der Waals surface area contributed by atoms with Crippen LogP contribution >= 0.6 is 0 Å². The predicted molar refractivity (Wildman–Crippen MR) is 91.3 cm³/mol. The van der Waals surface area contributed by atoms with Crippen LogP contribution < -0.4 is 0 Å². The van der Waals surface area contributed by atoms with Crippen molar-refractivity contribution >= 4 is 0 Å². The molecule has 0 bridgehead atoms. The van der Waals surface area contributed by atoms with Crippen molar-refractivity contribution in [3.05, 3.63) is 36.0 Å². The van der Waals surface area contributed by atoms with E-state index >= 15 is 0 Å². The summed E-state index contributed by atoms with van der Waals surface area (Å²) in [7, 11) is 0. The molecule has 6 nitrogen and oxygen atoms in total. The molecule has 1 atom stereocenters. The number of aryl methyl sites for hydroxylation is 1. The summed E-state index contributed by atoms with van der Waals surface area (Å²) in [4.78, 5) is 11.9. The summed E-state index contributed by atoms with van der Waals surface area (Å²) in [6, 6.07) is 6.59. The fraction of sp³-hybridized carbons (Fsp3) is 0.611. The Morgan fingerprint density at radius 2 is 2.04 bits per heavy atom. The summed E-state index contributed by atoms with van der Waals surface area (Å²) >= 11 is 0. The zero-order valence-corrected chi connectivity index (χ0v) is 14.3. The standard InChI is InChI=1S/C18H25N5O/c1-14-20-18(23(21-14)17-6-2-3-9-19-17)15-5-4-10-22(13-15)16-7-11-24-12-8-16/h2-3,6,9,15-16H,4-5,7-8,10-13H2,1H3. The highest BCUT2D eigenvalue weighted by Crippen LogP contribution is 2.30. The molecule has 0 radical (unpaired) electrons. The molecule has 2 aromatic rings. The monoisotopic (exact) mass is 327 g/mol. The zero-order chi connectivity index (χ0) is 16.4. The topological polar surface area (TPSA) is 56.1 Å². The highest BCUT2D eigenvalue weighted by molar-refractivity contribution is 5.23. The normalized spacial score (nSPS) is 23.5. The van der Waals surface area contributed by atoms with Gasteiger partial charge in [0, 0.05) is 37.9 Å². The number of rotatable bonds is 3. The van der Waals surface area contributed by atoms with Gasteiger partial charge in [0.15, 0.2) is 5.82 Å². The molecule has 2 aromatic heterocycles. The van der Waals surface area contributed by atoms with E-state index in [1.54, 1.807) is 0 Å². The lowest BCUT2D eigenvalue weighted by atomic mass is 9.94. The lowest BCUT2D eigenvalue weighted by Gasteiger charge is -2.39. The number of hydrogen-bond donors (Lipinski definition) is 0. The second-order valence-electron chi connectivity index (χ2n) is 6.79. The third-order valence-electron chi connectivity index (χ3n) is 5.13. The molecule has 1 unspecified atom stereocenters. The molecule has 4 rings (SSSR count). The Morgan fingerprint density at radius 3 is 2.83 bits per heavy atom. The van der Waals surface area contributed by atoms with Gasteiger partial charge in [-0.25, -0.2) is 9.97 Å². The Labute approximate surface area is 142 Å². The van der Waals surface area contributed by atoms with Gasteiger partial charge in [0.2, 0.25) is 0 Å². The molecule has 2 aliphatic heterocycles. The highest BCUT2D eigenvalue weighted by atomic mass is 16.5. The second kappa shape index (κ2) is 6.99. The predicted octanol–water partition coefficient (Wildman–Crippen LogP) is 2.33. The van der Waals surface area contributed by atoms with Gasteiger partial charge in [0.05, 0.1) is 0 Å². The Hall–Kier alpha value is -1.79. The molecule has 4 heterocycles. The first-order valence-electron chi connectivity index (χ1n) is 8.98. The van der Waals surface area contributed by atoms with Crippen molar-refractivity contribution in [3.63, 3.8) is 0 Å². The van der Waals surface area contributed by atoms with Gasteiger partial charge in [-0.2, -0.15) is 4.68 Å². The van der Waals surface area contributed by atoms with E-state index in [2.05, 4.69) is 15.0 Å². The number of aromatic nitrogens is 4. The molecule has 0 aromatic carbocycles. The van der Waals surface area contributed by atoms with Crippen molar-refractivity contribution in [1.29, 1.82) is 0 Å². The average Bonchev–Trinajstić information content (AvgIpc) is 3.05. The Kier molecular flexibility index (Phi) is 4.58. The molecular formula is C18H25N5O. The van der Waals surface area contributed by atoms with Crippen molar-refractivity contribution in [1.82, 2.24) is 24.6 Å². The number of pyridine rings is 1. The Balaban J connectivity index is 1.57. The lowest BCUT2D eigenvalue weighted by Crippen LogP contribution is -2.45. The van der Waals surface area contributed by atoms with Crippen molar-refractivity contribution in [2.24, 2.45) is 0 Å². The fourth-order valence-corrected chi connectivity index (χ4v) is 3.94. The second-order valence-corrected chi connectivity index (χ2v) is 6.79. The van der Waals surface area contributed by atoms with Gasteiger partial charge in [-0.3, -0.25) is 4.90 Å². The molecule has 2 aliphatic rings. The largest absolute Gasteiger partial charge is 0.381 e. The van der Waals surface area contributed by atoms with Crippen LogP contribution in [0.15, 0.2) is 24.4 Å². The molecule has 0 amide bonds. The first-order chi connectivity index (χ1) is 11.8. The van der Waals surface area contributed by atoms with Crippen LogP contribution in [0.3, 0.4) is 0 Å². The van der Waals surface area contributed by atoms with E-state index in [1.807, 2.05) is 36.0 Å². The van der Waals surface area contributed by atoms with Gasteiger partial charge < -0.3 is 4.74 Å². The van der Waals surface area contributed by atoms with E-state index in [0.29, 0.717) is 12.0 Å². The molecule has 0 N–H and O–H groups in total. The third kappa shape index (κ3) is 3.21. The van der Waals surface area contributed by atoms with E-state index in [-0.39, 0.29) is 0 Å². The zero-order valence-electron chi connectivity index (χ0n) is 14.3. The molecule has 128 valence electrons. The fourth-order valence-electron chi connectivity index (χ4n) is 3.94. The summed E-state index contributed by atoms with van der Waals surface area (Å²) in [6.45, 7) is 6.01. The minimum Gasteiger partial charge on any atom is -0.381 e. The van der Waals surface area contributed by atoms with Gasteiger partial charge in [-0.15, -0.1) is 5.10 Å². The molecular weight excluding hydrogens is 302 g/mol. The van der Waals surface area contributed by atoms with Crippen LogP contribution in [0.4, 0.5) is 0 Å². The maximum Gasteiger partial charge on any atom is 0.155 e. The summed E-state index contributed by atoms with van der Waals surface area (Å²) in [5, 5.41) is 4.60. The Bertz CT molecular complexity index is 665. The molecule has 0 aliphatic carbocycles. The molecule has 24 heavy (non-hydrogen) atoms. The van der Waals surface area contributed by atoms with Gasteiger partial charge in [0.1, 0.15) is 11.6 Å². The summed E-state index contributed by atoms with van der Waals surface area (Å²) in [6.07, 6.45) is 6.50. The average molecular weight is 327 g/mol. The summed E-state index contributed by atoms with van der Waals surface area (Å²) < 4.78 is 7.46. The number of ether oxygens (including phenoxy) is 1. The smallest absolute Gasteiger partial charge is 0.155 e. The van der Waals surface area contributed by atoms with Crippen molar-refractivity contribution in [2.45, 2.75) is 44.6 Å².